The van der Waals surface area contributed by atoms with Crippen molar-refractivity contribution in [2.45, 2.75) is 13.0 Å². The molecule has 1 aromatic rings. The maximum absolute atomic E-state index is 12.4. The SMILES string of the molecule is COCCOC(=O)C1=C(C)NC(=S)NC1c1cccc([N+](=O)[O-])c1. The summed E-state index contributed by atoms with van der Waals surface area (Å²) in [6.07, 6.45) is 0. The number of nitro benzene ring substituents is 1. The summed E-state index contributed by atoms with van der Waals surface area (Å²) < 4.78 is 10.0. The molecule has 0 aromatic heterocycles. The van der Waals surface area contributed by atoms with E-state index in [1.54, 1.807) is 19.1 Å². The lowest BCUT2D eigenvalue weighted by Gasteiger charge is -2.29. The number of carbonyl (C=O) groups is 1. The lowest BCUT2D eigenvalue weighted by molar-refractivity contribution is -0.384. The van der Waals surface area contributed by atoms with Crippen molar-refractivity contribution in [1.82, 2.24) is 10.6 Å². The molecule has 0 amide bonds. The average Bonchev–Trinajstić information content (AvgIpc) is 2.54. The first-order valence-corrected chi connectivity index (χ1v) is 7.53. The molecule has 24 heavy (non-hydrogen) atoms. The van der Waals surface area contributed by atoms with Gasteiger partial charge in [0, 0.05) is 24.9 Å². The summed E-state index contributed by atoms with van der Waals surface area (Å²) in [7, 11) is 1.51. The minimum atomic E-state index is -0.631. The number of carbonyl (C=O) groups excluding carboxylic acids is 1. The lowest BCUT2D eigenvalue weighted by atomic mass is 9.95. The van der Waals surface area contributed by atoms with Crippen molar-refractivity contribution in [3.05, 3.63) is 51.2 Å². The van der Waals surface area contributed by atoms with E-state index in [-0.39, 0.29) is 18.9 Å². The van der Waals surface area contributed by atoms with Crippen LogP contribution in [-0.4, -0.2) is 36.3 Å². The Morgan fingerprint density at radius 2 is 2.17 bits per heavy atom. The maximum Gasteiger partial charge on any atom is 0.338 e. The number of esters is 1. The van der Waals surface area contributed by atoms with Gasteiger partial charge in [0.2, 0.25) is 0 Å². The summed E-state index contributed by atoms with van der Waals surface area (Å²) in [6.45, 7) is 2.08. The van der Waals surface area contributed by atoms with Crippen molar-refractivity contribution < 1.29 is 19.2 Å². The molecule has 1 atom stereocenters. The van der Waals surface area contributed by atoms with Crippen LogP contribution in [0.15, 0.2) is 35.5 Å². The smallest absolute Gasteiger partial charge is 0.338 e. The van der Waals surface area contributed by atoms with Crippen LogP contribution in [0.5, 0.6) is 0 Å². The fraction of sp³-hybridized carbons (Fsp3) is 0.333. The van der Waals surface area contributed by atoms with Crippen LogP contribution < -0.4 is 10.6 Å². The normalized spacial score (nSPS) is 17.1. The predicted molar refractivity (Wildman–Crippen MR) is 90.2 cm³/mol. The summed E-state index contributed by atoms with van der Waals surface area (Å²) in [6, 6.07) is 5.41. The summed E-state index contributed by atoms with van der Waals surface area (Å²) in [5, 5.41) is 17.1. The van der Waals surface area contributed by atoms with E-state index in [1.165, 1.54) is 19.2 Å². The van der Waals surface area contributed by atoms with Crippen LogP contribution in [0.25, 0.3) is 0 Å². The Labute approximate surface area is 144 Å². The number of hydrogen-bond acceptors (Lipinski definition) is 6. The summed E-state index contributed by atoms with van der Waals surface area (Å²) in [5.74, 6) is -0.538. The number of thiocarbonyl (C=S) groups is 1. The van der Waals surface area contributed by atoms with Crippen LogP contribution in [-0.2, 0) is 14.3 Å². The number of non-ortho nitro benzene ring substituents is 1. The number of benzene rings is 1. The molecule has 0 bridgehead atoms. The molecule has 2 rings (SSSR count). The van der Waals surface area contributed by atoms with Gasteiger partial charge < -0.3 is 20.1 Å². The fourth-order valence-electron chi connectivity index (χ4n) is 2.33. The van der Waals surface area contributed by atoms with Gasteiger partial charge in [0.25, 0.3) is 5.69 Å². The number of nitro groups is 1. The highest BCUT2D eigenvalue weighted by molar-refractivity contribution is 7.80. The first-order valence-electron chi connectivity index (χ1n) is 7.12. The van der Waals surface area contributed by atoms with Crippen molar-refractivity contribution >= 4 is 29.0 Å². The Morgan fingerprint density at radius 3 is 2.83 bits per heavy atom. The predicted octanol–water partition coefficient (Wildman–Crippen LogP) is 1.58. The summed E-state index contributed by atoms with van der Waals surface area (Å²) in [4.78, 5) is 22.9. The molecule has 1 aliphatic heterocycles. The monoisotopic (exact) mass is 351 g/mol. The molecule has 1 aromatic carbocycles. The molecule has 0 radical (unpaired) electrons. The molecule has 8 nitrogen and oxygen atoms in total. The second kappa shape index (κ2) is 7.84. The number of hydrogen-bond donors (Lipinski definition) is 2. The number of nitrogens with one attached hydrogen (secondary N) is 2. The zero-order chi connectivity index (χ0) is 17.7. The standard InChI is InChI=1S/C15H17N3O5S/c1-9-12(14(19)23-7-6-22-2)13(17-15(24)16-9)10-4-3-5-11(8-10)18(20)21/h3-5,8,13H,6-7H2,1-2H3,(H2,16,17,24). The maximum atomic E-state index is 12.4. The molecule has 1 aliphatic rings. The molecule has 128 valence electrons. The molecule has 0 aliphatic carbocycles. The Kier molecular flexibility index (Phi) is 5.83. The van der Waals surface area contributed by atoms with Gasteiger partial charge in [-0.2, -0.15) is 0 Å². The molecular weight excluding hydrogens is 334 g/mol. The van der Waals surface area contributed by atoms with Crippen LogP contribution in [0.4, 0.5) is 5.69 Å². The number of ether oxygens (including phenoxy) is 2. The second-order valence-electron chi connectivity index (χ2n) is 5.05. The molecule has 0 fully saturated rings. The molecule has 0 saturated carbocycles. The zero-order valence-corrected chi connectivity index (χ0v) is 14.0. The first kappa shape index (κ1) is 17.8. The number of rotatable bonds is 6. The molecule has 1 unspecified atom stereocenters. The van der Waals surface area contributed by atoms with Gasteiger partial charge >= 0.3 is 5.97 Å². The average molecular weight is 351 g/mol. The van der Waals surface area contributed by atoms with E-state index in [2.05, 4.69) is 10.6 Å². The van der Waals surface area contributed by atoms with Gasteiger partial charge in [0.1, 0.15) is 6.61 Å². The van der Waals surface area contributed by atoms with E-state index < -0.39 is 16.9 Å². The quantitative estimate of drug-likeness (QED) is 0.262. The van der Waals surface area contributed by atoms with Crippen molar-refractivity contribution in [3.63, 3.8) is 0 Å². The van der Waals surface area contributed by atoms with Crippen molar-refractivity contribution in [2.75, 3.05) is 20.3 Å². The molecular formula is C15H17N3O5S. The van der Waals surface area contributed by atoms with Crippen LogP contribution >= 0.6 is 12.2 Å². The third-order valence-electron chi connectivity index (χ3n) is 3.42. The van der Waals surface area contributed by atoms with Gasteiger partial charge in [-0.3, -0.25) is 10.1 Å². The van der Waals surface area contributed by atoms with Gasteiger partial charge in [-0.1, -0.05) is 12.1 Å². The molecule has 1 heterocycles. The minimum Gasteiger partial charge on any atom is -0.460 e. The Bertz CT molecular complexity index is 704. The highest BCUT2D eigenvalue weighted by Gasteiger charge is 2.31. The van der Waals surface area contributed by atoms with Gasteiger partial charge in [-0.05, 0) is 24.7 Å². The van der Waals surface area contributed by atoms with E-state index in [1.807, 2.05) is 0 Å². The third-order valence-corrected chi connectivity index (χ3v) is 3.64. The largest absolute Gasteiger partial charge is 0.460 e. The van der Waals surface area contributed by atoms with Crippen molar-refractivity contribution in [2.24, 2.45) is 0 Å². The number of methoxy groups -OCH3 is 1. The lowest BCUT2D eigenvalue weighted by Crippen LogP contribution is -2.45. The van der Waals surface area contributed by atoms with Gasteiger partial charge in [-0.15, -0.1) is 0 Å². The highest BCUT2D eigenvalue weighted by atomic mass is 32.1. The Balaban J connectivity index is 2.36. The minimum absolute atomic E-state index is 0.0662. The summed E-state index contributed by atoms with van der Waals surface area (Å²) >= 11 is 5.13. The van der Waals surface area contributed by atoms with E-state index >= 15 is 0 Å². The zero-order valence-electron chi connectivity index (χ0n) is 13.2. The van der Waals surface area contributed by atoms with E-state index in [9.17, 15) is 14.9 Å². The summed E-state index contributed by atoms with van der Waals surface area (Å²) in [5.41, 5.74) is 1.34. The number of allylic oxidation sites excluding steroid dienone is 1. The van der Waals surface area contributed by atoms with Gasteiger partial charge in [-0.25, -0.2) is 4.79 Å². The first-order chi connectivity index (χ1) is 11.4. The van der Waals surface area contributed by atoms with Crippen LogP contribution in [0.3, 0.4) is 0 Å². The van der Waals surface area contributed by atoms with Crippen molar-refractivity contribution in [3.8, 4) is 0 Å². The van der Waals surface area contributed by atoms with E-state index in [4.69, 9.17) is 21.7 Å². The molecule has 9 heteroatoms. The van der Waals surface area contributed by atoms with Crippen LogP contribution in [0.1, 0.15) is 18.5 Å². The molecule has 0 spiro atoms. The highest BCUT2D eigenvalue weighted by Crippen LogP contribution is 2.29. The van der Waals surface area contributed by atoms with Gasteiger partial charge in [0.05, 0.1) is 23.1 Å². The fourth-order valence-corrected chi connectivity index (χ4v) is 2.60. The topological polar surface area (TPSA) is 103 Å². The molecule has 0 saturated heterocycles. The number of nitrogens with zero attached hydrogens (tertiary/aromatic N) is 1. The third kappa shape index (κ3) is 4.06. The Morgan fingerprint density at radius 1 is 1.42 bits per heavy atom. The van der Waals surface area contributed by atoms with Crippen molar-refractivity contribution in [1.29, 1.82) is 0 Å². The Hall–Kier alpha value is -2.52. The second-order valence-corrected chi connectivity index (χ2v) is 5.46. The van der Waals surface area contributed by atoms with Gasteiger partial charge in [0.15, 0.2) is 5.11 Å². The van der Waals surface area contributed by atoms with Crippen LogP contribution in [0, 0.1) is 10.1 Å². The van der Waals surface area contributed by atoms with Crippen LogP contribution in [0.2, 0.25) is 0 Å². The molecule has 2 N–H and O–H groups in total. The van der Waals surface area contributed by atoms with E-state index in [0.29, 0.717) is 21.9 Å². The van der Waals surface area contributed by atoms with E-state index in [0.717, 1.165) is 0 Å².